The highest BCUT2D eigenvalue weighted by Crippen LogP contribution is 2.30. The molecule has 0 radical (unpaired) electrons. The zero-order valence-electron chi connectivity index (χ0n) is 11.4. The highest BCUT2D eigenvalue weighted by Gasteiger charge is 2.20. The number of phenols is 1. The number of unbranched alkanes of at least 4 members (excludes halogenated alkanes) is 1. The first-order chi connectivity index (χ1) is 9.15. The molecule has 0 aromatic heterocycles. The monoisotopic (exact) mass is 329 g/mol. The number of carbonyl (C=O) groups excluding carboxylic acids is 1. The summed E-state index contributed by atoms with van der Waals surface area (Å²) in [6, 6.07) is 4.96. The minimum atomic E-state index is -0.163. The van der Waals surface area contributed by atoms with E-state index in [0.29, 0.717) is 24.2 Å². The van der Waals surface area contributed by atoms with E-state index in [1.165, 1.54) is 7.11 Å². The van der Waals surface area contributed by atoms with Gasteiger partial charge in [-0.15, -0.1) is 0 Å². The smallest absolute Gasteiger partial charge is 0.257 e. The number of rotatable bonds is 7. The molecule has 1 aromatic rings. The van der Waals surface area contributed by atoms with Gasteiger partial charge in [-0.05, 0) is 18.6 Å². The third-order valence-electron chi connectivity index (χ3n) is 2.87. The molecule has 5 heteroatoms. The summed E-state index contributed by atoms with van der Waals surface area (Å²) in [4.78, 5) is 14.2. The van der Waals surface area contributed by atoms with E-state index in [9.17, 15) is 9.90 Å². The Kier molecular flexibility index (Phi) is 6.70. The molecule has 0 fully saturated rings. The van der Waals surface area contributed by atoms with Crippen molar-refractivity contribution in [3.05, 3.63) is 23.8 Å². The van der Waals surface area contributed by atoms with Gasteiger partial charge in [-0.3, -0.25) is 4.79 Å². The van der Waals surface area contributed by atoms with E-state index in [2.05, 4.69) is 22.9 Å². The lowest BCUT2D eigenvalue weighted by Crippen LogP contribution is -2.33. The zero-order chi connectivity index (χ0) is 14.3. The van der Waals surface area contributed by atoms with Gasteiger partial charge in [0.15, 0.2) is 11.5 Å². The fourth-order valence-corrected chi connectivity index (χ4v) is 2.22. The molecule has 0 bridgehead atoms. The van der Waals surface area contributed by atoms with Gasteiger partial charge < -0.3 is 14.7 Å². The fourth-order valence-electron chi connectivity index (χ4n) is 1.80. The van der Waals surface area contributed by atoms with Crippen molar-refractivity contribution in [3.8, 4) is 11.5 Å². The van der Waals surface area contributed by atoms with Crippen LogP contribution in [-0.4, -0.2) is 41.4 Å². The lowest BCUT2D eigenvalue weighted by molar-refractivity contribution is 0.0760. The Labute approximate surface area is 122 Å². The molecule has 106 valence electrons. The van der Waals surface area contributed by atoms with Crippen molar-refractivity contribution in [1.29, 1.82) is 0 Å². The summed E-state index contributed by atoms with van der Waals surface area (Å²) in [5.74, 6) is 0.0653. The molecule has 0 atom stereocenters. The maximum absolute atomic E-state index is 12.4. The Bertz CT molecular complexity index is 423. The van der Waals surface area contributed by atoms with Crippen molar-refractivity contribution in [1.82, 2.24) is 4.90 Å². The normalized spacial score (nSPS) is 10.3. The van der Waals surface area contributed by atoms with E-state index >= 15 is 0 Å². The molecular weight excluding hydrogens is 310 g/mol. The summed E-state index contributed by atoms with van der Waals surface area (Å²) in [7, 11) is 1.47. The second kappa shape index (κ2) is 8.04. The van der Waals surface area contributed by atoms with Gasteiger partial charge in [-0.1, -0.05) is 35.3 Å². The fraction of sp³-hybridized carbons (Fsp3) is 0.500. The Balaban J connectivity index is 2.95. The molecule has 0 heterocycles. The first kappa shape index (κ1) is 15.8. The van der Waals surface area contributed by atoms with E-state index in [1.54, 1.807) is 23.1 Å². The number of amides is 1. The number of halogens is 1. The van der Waals surface area contributed by atoms with Gasteiger partial charge >= 0.3 is 0 Å². The molecule has 0 spiro atoms. The zero-order valence-corrected chi connectivity index (χ0v) is 12.9. The van der Waals surface area contributed by atoms with Crippen LogP contribution in [0.15, 0.2) is 18.2 Å². The number of phenolic OH excluding ortho intramolecular Hbond substituents is 1. The Morgan fingerprint density at radius 1 is 1.42 bits per heavy atom. The predicted molar refractivity (Wildman–Crippen MR) is 79.3 cm³/mol. The summed E-state index contributed by atoms with van der Waals surface area (Å²) in [6.45, 7) is 3.40. The standard InChI is InChI=1S/C14H20BrNO3/c1-3-4-9-16(10-8-15)14(18)11-6-5-7-12(19-2)13(11)17/h5-7,17H,3-4,8-10H2,1-2H3. The van der Waals surface area contributed by atoms with Crippen LogP contribution in [0.4, 0.5) is 0 Å². The van der Waals surface area contributed by atoms with E-state index in [1.807, 2.05) is 0 Å². The maximum atomic E-state index is 12.4. The molecule has 1 aromatic carbocycles. The number of carbonyl (C=O) groups is 1. The highest BCUT2D eigenvalue weighted by molar-refractivity contribution is 9.09. The minimum absolute atomic E-state index is 0.0916. The lowest BCUT2D eigenvalue weighted by atomic mass is 10.1. The highest BCUT2D eigenvalue weighted by atomic mass is 79.9. The molecule has 0 aliphatic carbocycles. The number of aromatic hydroxyl groups is 1. The maximum Gasteiger partial charge on any atom is 0.257 e. The van der Waals surface area contributed by atoms with Crippen LogP contribution < -0.4 is 4.74 Å². The SMILES string of the molecule is CCCCN(CCBr)C(=O)c1cccc(OC)c1O. The van der Waals surface area contributed by atoms with Crippen LogP contribution in [0.5, 0.6) is 11.5 Å². The molecular formula is C14H20BrNO3. The lowest BCUT2D eigenvalue weighted by Gasteiger charge is -2.22. The number of ether oxygens (including phenoxy) is 1. The van der Waals surface area contributed by atoms with Crippen LogP contribution >= 0.6 is 15.9 Å². The van der Waals surface area contributed by atoms with Gasteiger partial charge in [-0.25, -0.2) is 0 Å². The third-order valence-corrected chi connectivity index (χ3v) is 3.23. The first-order valence-corrected chi connectivity index (χ1v) is 7.49. The van der Waals surface area contributed by atoms with Gasteiger partial charge in [-0.2, -0.15) is 0 Å². The molecule has 0 saturated carbocycles. The average Bonchev–Trinajstić information content (AvgIpc) is 2.43. The number of nitrogens with zero attached hydrogens (tertiary/aromatic N) is 1. The van der Waals surface area contributed by atoms with Crippen molar-refractivity contribution < 1.29 is 14.6 Å². The van der Waals surface area contributed by atoms with Crippen molar-refractivity contribution in [2.45, 2.75) is 19.8 Å². The van der Waals surface area contributed by atoms with Crippen molar-refractivity contribution >= 4 is 21.8 Å². The van der Waals surface area contributed by atoms with Crippen LogP contribution in [0.1, 0.15) is 30.1 Å². The second-order valence-electron chi connectivity index (χ2n) is 4.19. The number of alkyl halides is 1. The summed E-state index contributed by atoms with van der Waals surface area (Å²) in [6.07, 6.45) is 1.97. The molecule has 0 aliphatic rings. The Morgan fingerprint density at radius 2 is 2.16 bits per heavy atom. The van der Waals surface area contributed by atoms with Gasteiger partial charge in [0.25, 0.3) is 5.91 Å². The largest absolute Gasteiger partial charge is 0.504 e. The topological polar surface area (TPSA) is 49.8 Å². The average molecular weight is 330 g/mol. The van der Waals surface area contributed by atoms with E-state index in [0.717, 1.165) is 12.8 Å². The summed E-state index contributed by atoms with van der Waals surface area (Å²) in [5, 5.41) is 10.7. The van der Waals surface area contributed by atoms with Crippen molar-refractivity contribution in [2.24, 2.45) is 0 Å². The van der Waals surface area contributed by atoms with E-state index < -0.39 is 0 Å². The number of hydrogen-bond donors (Lipinski definition) is 1. The summed E-state index contributed by atoms with van der Waals surface area (Å²) < 4.78 is 5.03. The molecule has 1 amide bonds. The van der Waals surface area contributed by atoms with Crippen molar-refractivity contribution in [2.75, 3.05) is 25.5 Å². The minimum Gasteiger partial charge on any atom is -0.504 e. The third kappa shape index (κ3) is 4.13. The predicted octanol–water partition coefficient (Wildman–Crippen LogP) is 3.04. The van der Waals surface area contributed by atoms with Gasteiger partial charge in [0.1, 0.15) is 0 Å². The number of methoxy groups -OCH3 is 1. The summed E-state index contributed by atoms with van der Waals surface area (Å²) in [5.41, 5.74) is 0.288. The van der Waals surface area contributed by atoms with Crippen LogP contribution in [0.25, 0.3) is 0 Å². The van der Waals surface area contributed by atoms with Gasteiger partial charge in [0, 0.05) is 18.4 Å². The quantitative estimate of drug-likeness (QED) is 0.782. The summed E-state index contributed by atoms with van der Waals surface area (Å²) >= 11 is 3.35. The first-order valence-electron chi connectivity index (χ1n) is 6.36. The molecule has 0 aliphatic heterocycles. The second-order valence-corrected chi connectivity index (χ2v) is 4.98. The molecule has 0 saturated heterocycles. The number of benzene rings is 1. The molecule has 1 rings (SSSR count). The van der Waals surface area contributed by atoms with Crippen LogP contribution in [-0.2, 0) is 0 Å². The number of para-hydroxylation sites is 1. The Hall–Kier alpha value is -1.23. The Morgan fingerprint density at radius 3 is 2.74 bits per heavy atom. The molecule has 1 N–H and O–H groups in total. The van der Waals surface area contributed by atoms with Crippen LogP contribution in [0.2, 0.25) is 0 Å². The van der Waals surface area contributed by atoms with E-state index in [-0.39, 0.29) is 17.2 Å². The van der Waals surface area contributed by atoms with Gasteiger partial charge in [0.2, 0.25) is 0 Å². The molecule has 4 nitrogen and oxygen atoms in total. The van der Waals surface area contributed by atoms with E-state index in [4.69, 9.17) is 4.74 Å². The van der Waals surface area contributed by atoms with Crippen LogP contribution in [0.3, 0.4) is 0 Å². The molecule has 19 heavy (non-hydrogen) atoms. The number of hydrogen-bond acceptors (Lipinski definition) is 3. The van der Waals surface area contributed by atoms with Crippen LogP contribution in [0, 0.1) is 0 Å². The van der Waals surface area contributed by atoms with Crippen molar-refractivity contribution in [3.63, 3.8) is 0 Å². The van der Waals surface area contributed by atoms with Gasteiger partial charge in [0.05, 0.1) is 12.7 Å². The molecule has 0 unspecified atom stereocenters.